The Morgan fingerprint density at radius 1 is 0.909 bits per heavy atom. The van der Waals surface area contributed by atoms with Crippen molar-refractivity contribution in [2.45, 2.75) is 0 Å². The molecule has 0 bridgehead atoms. The maximum Gasteiger partial charge on any atom is 0.210 e. The number of hydrogen-bond donors (Lipinski definition) is 1. The highest BCUT2D eigenvalue weighted by molar-refractivity contribution is 5.74. The fourth-order valence-corrected chi connectivity index (χ4v) is 1.06. The Kier molecular flexibility index (Phi) is 2.18. The minimum Gasteiger partial charge on any atom is -0.344 e. The largest absolute Gasteiger partial charge is 0.344 e. The van der Waals surface area contributed by atoms with Crippen LogP contribution in [0.1, 0.15) is 0 Å². The van der Waals surface area contributed by atoms with E-state index >= 15 is 0 Å². The second-order valence-corrected chi connectivity index (χ2v) is 2.26. The van der Waals surface area contributed by atoms with Gasteiger partial charge in [-0.3, -0.25) is 0 Å². The van der Waals surface area contributed by atoms with Crippen LogP contribution in [0.3, 0.4) is 0 Å². The Bertz CT molecular complexity index is 279. The van der Waals surface area contributed by atoms with E-state index in [9.17, 15) is 0 Å². The monoisotopic (exact) mass is 147 g/mol. The number of benzene rings is 1. The molecule has 0 aliphatic carbocycles. The van der Waals surface area contributed by atoms with Gasteiger partial charge in [-0.05, 0) is 12.1 Å². The van der Waals surface area contributed by atoms with Crippen LogP contribution >= 0.6 is 0 Å². The molecule has 1 aromatic carbocycles. The lowest BCUT2D eigenvalue weighted by molar-refractivity contribution is -0.344. The molecule has 0 atom stereocenters. The van der Waals surface area contributed by atoms with Gasteiger partial charge in [0.1, 0.15) is 0 Å². The van der Waals surface area contributed by atoms with Gasteiger partial charge in [0, 0.05) is 17.5 Å². The number of hydrogen-bond acceptors (Lipinski definition) is 1. The van der Waals surface area contributed by atoms with Gasteiger partial charge >= 0.3 is 0 Å². The van der Waals surface area contributed by atoms with Crippen LogP contribution in [0.25, 0.3) is 10.9 Å². The molecule has 1 heterocycles. The molecule has 2 nitrogen and oxygen atoms in total. The van der Waals surface area contributed by atoms with Crippen molar-refractivity contribution in [2.24, 2.45) is 0 Å². The average Bonchev–Trinajstić information content (AvgIpc) is 2.05. The minimum absolute atomic E-state index is 0. The quantitative estimate of drug-likeness (QED) is 0.607. The van der Waals surface area contributed by atoms with Crippen molar-refractivity contribution in [3.63, 3.8) is 0 Å². The first kappa shape index (κ1) is 7.69. The van der Waals surface area contributed by atoms with Gasteiger partial charge in [0.2, 0.25) is 5.52 Å². The maximum atomic E-state index is 3.15. The molecule has 2 aromatic rings. The lowest BCUT2D eigenvalue weighted by Gasteiger charge is -1.85. The molecule has 4 N–H and O–H groups in total. The summed E-state index contributed by atoms with van der Waals surface area (Å²) in [6, 6.07) is 12.3. The molecule has 11 heavy (non-hydrogen) atoms. The predicted octanol–water partition coefficient (Wildman–Crippen LogP) is 1.82. The third-order valence-corrected chi connectivity index (χ3v) is 1.57. The fraction of sp³-hybridized carbons (Fsp3) is 0. The minimum atomic E-state index is 0. The van der Waals surface area contributed by atoms with Gasteiger partial charge in [-0.1, -0.05) is 12.1 Å². The van der Waals surface area contributed by atoms with E-state index in [1.165, 1.54) is 10.9 Å². The molecule has 0 aliphatic heterocycles. The smallest absolute Gasteiger partial charge is 0.210 e. The summed E-state index contributed by atoms with van der Waals surface area (Å²) in [4.78, 5) is 3.15. The first-order valence-electron chi connectivity index (χ1n) is 3.32. The van der Waals surface area contributed by atoms with E-state index in [1.807, 2.05) is 24.4 Å². The van der Waals surface area contributed by atoms with E-state index in [1.54, 1.807) is 0 Å². The summed E-state index contributed by atoms with van der Waals surface area (Å²) >= 11 is 0. The number of pyridine rings is 1. The Morgan fingerprint density at radius 3 is 2.45 bits per heavy atom. The van der Waals surface area contributed by atoms with Gasteiger partial charge < -0.3 is 6.15 Å². The maximum absolute atomic E-state index is 3.15. The molecule has 56 valence electrons. The van der Waals surface area contributed by atoms with E-state index < -0.39 is 0 Å². The van der Waals surface area contributed by atoms with Crippen molar-refractivity contribution in [3.05, 3.63) is 42.6 Å². The molecule has 0 amide bonds. The van der Waals surface area contributed by atoms with Crippen LogP contribution < -0.4 is 11.1 Å². The van der Waals surface area contributed by atoms with Gasteiger partial charge in [0.05, 0.1) is 0 Å². The van der Waals surface area contributed by atoms with Gasteiger partial charge in [-0.2, -0.15) is 0 Å². The molecule has 0 radical (unpaired) electrons. The van der Waals surface area contributed by atoms with Gasteiger partial charge in [0.15, 0.2) is 6.20 Å². The van der Waals surface area contributed by atoms with Crippen LogP contribution in [0.4, 0.5) is 0 Å². The normalized spacial score (nSPS) is 9.09. The third-order valence-electron chi connectivity index (χ3n) is 1.57. The van der Waals surface area contributed by atoms with E-state index in [2.05, 4.69) is 23.2 Å². The number of fused-ring (bicyclic) bond motifs is 1. The first-order valence-corrected chi connectivity index (χ1v) is 3.32. The summed E-state index contributed by atoms with van der Waals surface area (Å²) in [5.74, 6) is 0. The molecule has 1 aromatic heterocycles. The molecule has 0 fully saturated rings. The van der Waals surface area contributed by atoms with E-state index in [-0.39, 0.29) is 6.15 Å². The molecule has 0 aliphatic rings. The zero-order valence-corrected chi connectivity index (χ0v) is 6.25. The number of rotatable bonds is 0. The third kappa shape index (κ3) is 1.36. The van der Waals surface area contributed by atoms with Gasteiger partial charge in [0.25, 0.3) is 0 Å². The second-order valence-electron chi connectivity index (χ2n) is 2.26. The number of para-hydroxylation sites is 1. The lowest BCUT2D eigenvalue weighted by atomic mass is 10.2. The van der Waals surface area contributed by atoms with Crippen molar-refractivity contribution < 1.29 is 4.98 Å². The SMILES string of the molecule is N.c1ccc2[nH+]cccc2c1. The van der Waals surface area contributed by atoms with E-state index in [4.69, 9.17) is 0 Å². The molecule has 2 rings (SSSR count). The number of aromatic amines is 1. The van der Waals surface area contributed by atoms with Crippen molar-refractivity contribution in [2.75, 3.05) is 0 Å². The van der Waals surface area contributed by atoms with Crippen LogP contribution in [-0.2, 0) is 0 Å². The topological polar surface area (TPSA) is 49.1 Å². The summed E-state index contributed by atoms with van der Waals surface area (Å²) in [5, 5.41) is 1.25. The van der Waals surface area contributed by atoms with Crippen LogP contribution in [0, 0.1) is 0 Å². The molecular formula is C9H11N2+. The molecule has 2 heteroatoms. The average molecular weight is 147 g/mol. The number of nitrogens with one attached hydrogen (secondary N) is 1. The Morgan fingerprint density at radius 2 is 1.64 bits per heavy atom. The Hall–Kier alpha value is -1.41. The summed E-state index contributed by atoms with van der Waals surface area (Å²) in [6.07, 6.45) is 1.93. The van der Waals surface area contributed by atoms with Crippen LogP contribution in [0.15, 0.2) is 42.6 Å². The van der Waals surface area contributed by atoms with Crippen molar-refractivity contribution in [1.29, 1.82) is 0 Å². The summed E-state index contributed by atoms with van der Waals surface area (Å²) in [5.41, 5.74) is 1.19. The van der Waals surface area contributed by atoms with Crippen LogP contribution in [0.2, 0.25) is 0 Å². The highest BCUT2D eigenvalue weighted by atomic mass is 14.6. The van der Waals surface area contributed by atoms with Crippen molar-refractivity contribution in [3.8, 4) is 0 Å². The highest BCUT2D eigenvalue weighted by Gasteiger charge is 1.92. The number of aromatic nitrogens is 1. The first-order chi connectivity index (χ1) is 4.97. The molecule has 0 unspecified atom stereocenters. The van der Waals surface area contributed by atoms with Gasteiger partial charge in [-0.25, -0.2) is 4.98 Å². The second kappa shape index (κ2) is 3.12. The fourth-order valence-electron chi connectivity index (χ4n) is 1.06. The highest BCUT2D eigenvalue weighted by Crippen LogP contribution is 2.04. The molecule has 0 spiro atoms. The standard InChI is InChI=1S/C9H7N.H3N/c1-2-6-9-8(4-1)5-3-7-10-9;/h1-7H;1H3/p+1. The summed E-state index contributed by atoms with van der Waals surface area (Å²) in [6.45, 7) is 0. The lowest BCUT2D eigenvalue weighted by Crippen LogP contribution is -1.99. The predicted molar refractivity (Wildman–Crippen MR) is 45.5 cm³/mol. The van der Waals surface area contributed by atoms with E-state index in [0.29, 0.717) is 0 Å². The van der Waals surface area contributed by atoms with Crippen molar-refractivity contribution in [1.82, 2.24) is 6.15 Å². The summed E-state index contributed by atoms with van der Waals surface area (Å²) in [7, 11) is 0. The molecule has 0 saturated carbocycles. The number of H-pyrrole nitrogens is 1. The van der Waals surface area contributed by atoms with Gasteiger partial charge in [-0.15, -0.1) is 0 Å². The zero-order chi connectivity index (χ0) is 6.81. The van der Waals surface area contributed by atoms with E-state index in [0.717, 1.165) is 0 Å². The Balaban J connectivity index is 0.000000605. The molecule has 0 saturated heterocycles. The zero-order valence-electron chi connectivity index (χ0n) is 6.25. The van der Waals surface area contributed by atoms with Crippen LogP contribution in [0.5, 0.6) is 0 Å². The Labute approximate surface area is 65.5 Å². The van der Waals surface area contributed by atoms with Crippen LogP contribution in [-0.4, -0.2) is 0 Å². The van der Waals surface area contributed by atoms with Crippen molar-refractivity contribution >= 4 is 10.9 Å². The summed E-state index contributed by atoms with van der Waals surface area (Å²) < 4.78 is 0. The molecular weight excluding hydrogens is 136 g/mol.